The Bertz CT molecular complexity index is 838. The first-order chi connectivity index (χ1) is 12.6. The van der Waals surface area contributed by atoms with Crippen molar-refractivity contribution in [3.8, 4) is 0 Å². The predicted octanol–water partition coefficient (Wildman–Crippen LogP) is 3.32. The average molecular weight is 369 g/mol. The summed E-state index contributed by atoms with van der Waals surface area (Å²) in [5.74, 6) is 0. The number of benzene rings is 2. The van der Waals surface area contributed by atoms with Crippen LogP contribution in [0.3, 0.4) is 0 Å². The summed E-state index contributed by atoms with van der Waals surface area (Å²) in [5, 5.41) is 1.31. The van der Waals surface area contributed by atoms with E-state index in [1.165, 1.54) is 11.0 Å². The van der Waals surface area contributed by atoms with Crippen LogP contribution >= 0.6 is 0 Å². The van der Waals surface area contributed by atoms with E-state index in [-0.39, 0.29) is 0 Å². The van der Waals surface area contributed by atoms with E-state index in [2.05, 4.69) is 29.2 Å². The van der Waals surface area contributed by atoms with Crippen molar-refractivity contribution in [2.45, 2.75) is 0 Å². The summed E-state index contributed by atoms with van der Waals surface area (Å²) < 4.78 is 26.5. The van der Waals surface area contributed by atoms with E-state index < -0.39 is 10.0 Å². The van der Waals surface area contributed by atoms with Gasteiger partial charge in [-0.25, -0.2) is 8.42 Å². The minimum Gasteiger partial charge on any atom is -0.297 e. The third-order valence-corrected chi connectivity index (χ3v) is 5.96. The van der Waals surface area contributed by atoms with E-state index in [4.69, 9.17) is 0 Å². The van der Waals surface area contributed by atoms with Gasteiger partial charge in [0.1, 0.15) is 0 Å². The average Bonchev–Trinajstić information content (AvgIpc) is 2.69. The molecule has 0 atom stereocenters. The quantitative estimate of drug-likeness (QED) is 0.785. The van der Waals surface area contributed by atoms with Gasteiger partial charge < -0.3 is 0 Å². The van der Waals surface area contributed by atoms with Gasteiger partial charge in [0.25, 0.3) is 0 Å². The maximum atomic E-state index is 12.5. The minimum absolute atomic E-state index is 0.528. The first kappa shape index (κ1) is 18.6. The smallest absolute Gasteiger partial charge is 0.236 e. The second kappa shape index (κ2) is 8.94. The molecule has 0 saturated carbocycles. The first-order valence-corrected chi connectivity index (χ1v) is 10.3. The molecular weight excluding hydrogens is 344 g/mol. The van der Waals surface area contributed by atoms with Crippen molar-refractivity contribution in [2.24, 2.45) is 0 Å². The second-order valence-corrected chi connectivity index (χ2v) is 8.09. The zero-order valence-corrected chi connectivity index (χ0v) is 15.6. The summed E-state index contributed by atoms with van der Waals surface area (Å²) in [6.45, 7) is 3.39. The molecule has 4 nitrogen and oxygen atoms in total. The van der Waals surface area contributed by atoms with E-state index in [9.17, 15) is 8.42 Å². The highest BCUT2D eigenvalue weighted by atomic mass is 32.2. The summed E-state index contributed by atoms with van der Waals surface area (Å²) in [6, 6.07) is 19.7. The van der Waals surface area contributed by atoms with Crippen molar-refractivity contribution in [3.63, 3.8) is 0 Å². The van der Waals surface area contributed by atoms with Crippen molar-refractivity contribution < 1.29 is 8.42 Å². The summed E-state index contributed by atoms with van der Waals surface area (Å²) in [4.78, 5) is 2.27. The Morgan fingerprint density at radius 1 is 0.769 bits per heavy atom. The number of piperazine rings is 1. The zero-order chi connectivity index (χ0) is 18.2. The molecule has 0 amide bonds. The van der Waals surface area contributed by atoms with Crippen LogP contribution in [-0.4, -0.2) is 50.3 Å². The van der Waals surface area contributed by atoms with Crippen LogP contribution in [0.15, 0.2) is 72.1 Å². The lowest BCUT2D eigenvalue weighted by Crippen LogP contribution is -2.47. The molecule has 5 heteroatoms. The van der Waals surface area contributed by atoms with Gasteiger partial charge in [-0.2, -0.15) is 4.31 Å². The van der Waals surface area contributed by atoms with Crippen molar-refractivity contribution in [1.82, 2.24) is 9.21 Å². The molecule has 1 aliphatic heterocycles. The first-order valence-electron chi connectivity index (χ1n) is 8.81. The highest BCUT2D eigenvalue weighted by Crippen LogP contribution is 2.12. The van der Waals surface area contributed by atoms with Crippen molar-refractivity contribution in [1.29, 1.82) is 0 Å². The van der Waals surface area contributed by atoms with Crippen LogP contribution in [0.1, 0.15) is 11.1 Å². The van der Waals surface area contributed by atoms with Gasteiger partial charge in [-0.05, 0) is 17.2 Å². The van der Waals surface area contributed by atoms with Gasteiger partial charge >= 0.3 is 0 Å². The number of rotatable bonds is 6. The molecule has 0 aromatic heterocycles. The second-order valence-electron chi connectivity index (χ2n) is 6.27. The van der Waals surface area contributed by atoms with E-state index in [1.807, 2.05) is 48.5 Å². The molecule has 1 fully saturated rings. The SMILES string of the molecule is O=S(=O)(/C=C/c1ccccc1)N1CCN(C/C=C/c2ccccc2)CC1. The van der Waals surface area contributed by atoms with Crippen LogP contribution in [0, 0.1) is 0 Å². The highest BCUT2D eigenvalue weighted by molar-refractivity contribution is 7.92. The van der Waals surface area contributed by atoms with E-state index in [0.29, 0.717) is 13.1 Å². The number of hydrogen-bond acceptors (Lipinski definition) is 3. The molecule has 0 unspecified atom stereocenters. The minimum atomic E-state index is -3.36. The number of nitrogens with zero attached hydrogens (tertiary/aromatic N) is 2. The third-order valence-electron chi connectivity index (χ3n) is 4.40. The van der Waals surface area contributed by atoms with Gasteiger partial charge in [0.15, 0.2) is 0 Å². The van der Waals surface area contributed by atoms with E-state index in [0.717, 1.165) is 25.2 Å². The monoisotopic (exact) mass is 368 g/mol. The Labute approximate surface area is 156 Å². The Balaban J connectivity index is 1.50. The van der Waals surface area contributed by atoms with Gasteiger partial charge in [-0.1, -0.05) is 72.8 Å². The molecule has 1 heterocycles. The largest absolute Gasteiger partial charge is 0.297 e. The van der Waals surface area contributed by atoms with Crippen LogP contribution in [0.2, 0.25) is 0 Å². The lowest BCUT2D eigenvalue weighted by Gasteiger charge is -2.32. The fourth-order valence-corrected chi connectivity index (χ4v) is 4.06. The van der Waals surface area contributed by atoms with Crippen LogP contribution in [0.4, 0.5) is 0 Å². The summed E-state index contributed by atoms with van der Waals surface area (Å²) >= 11 is 0. The topological polar surface area (TPSA) is 40.6 Å². The van der Waals surface area contributed by atoms with Crippen molar-refractivity contribution >= 4 is 22.2 Å². The maximum Gasteiger partial charge on any atom is 0.236 e. The van der Waals surface area contributed by atoms with Gasteiger partial charge in [0, 0.05) is 38.1 Å². The molecule has 0 spiro atoms. The van der Waals surface area contributed by atoms with Crippen molar-refractivity contribution in [3.05, 3.63) is 83.3 Å². The lowest BCUT2D eigenvalue weighted by molar-refractivity contribution is 0.206. The van der Waals surface area contributed by atoms with Gasteiger partial charge in [-0.3, -0.25) is 4.90 Å². The van der Waals surface area contributed by atoms with Crippen molar-refractivity contribution in [2.75, 3.05) is 32.7 Å². The van der Waals surface area contributed by atoms with E-state index in [1.54, 1.807) is 10.4 Å². The molecular formula is C21H24N2O2S. The van der Waals surface area contributed by atoms with E-state index >= 15 is 0 Å². The summed E-state index contributed by atoms with van der Waals surface area (Å²) in [6.07, 6.45) is 5.89. The highest BCUT2D eigenvalue weighted by Gasteiger charge is 2.24. The maximum absolute atomic E-state index is 12.5. The lowest BCUT2D eigenvalue weighted by atomic mass is 10.2. The Morgan fingerprint density at radius 2 is 1.31 bits per heavy atom. The number of hydrogen-bond donors (Lipinski definition) is 0. The molecule has 1 aliphatic rings. The molecule has 0 radical (unpaired) electrons. The summed E-state index contributed by atoms with van der Waals surface area (Å²) in [7, 11) is -3.36. The van der Waals surface area contributed by atoms with Gasteiger partial charge in [0.05, 0.1) is 0 Å². The molecule has 2 aromatic rings. The zero-order valence-electron chi connectivity index (χ0n) is 14.7. The fraction of sp³-hybridized carbons (Fsp3) is 0.238. The van der Waals surface area contributed by atoms with Crippen LogP contribution in [0.25, 0.3) is 12.2 Å². The molecule has 136 valence electrons. The molecule has 0 N–H and O–H groups in total. The normalized spacial score (nSPS) is 17.2. The fourth-order valence-electron chi connectivity index (χ4n) is 2.88. The third kappa shape index (κ3) is 5.39. The van der Waals surface area contributed by atoms with Gasteiger partial charge in [0.2, 0.25) is 10.0 Å². The Hall–Kier alpha value is -2.21. The molecule has 0 aliphatic carbocycles. The Kier molecular flexibility index (Phi) is 6.39. The molecule has 26 heavy (non-hydrogen) atoms. The Morgan fingerprint density at radius 3 is 1.88 bits per heavy atom. The predicted molar refractivity (Wildman–Crippen MR) is 108 cm³/mol. The molecule has 0 bridgehead atoms. The standard InChI is InChI=1S/C21H24N2O2S/c24-26(25,19-13-21-10-5-2-6-11-21)23-17-15-22(16-18-23)14-7-12-20-8-3-1-4-9-20/h1-13,19H,14-18H2/b12-7+,19-13+. The molecule has 2 aromatic carbocycles. The molecule has 1 saturated heterocycles. The van der Waals surface area contributed by atoms with Crippen LogP contribution < -0.4 is 0 Å². The molecule has 3 rings (SSSR count). The van der Waals surface area contributed by atoms with Crippen LogP contribution in [-0.2, 0) is 10.0 Å². The number of sulfonamides is 1. The summed E-state index contributed by atoms with van der Waals surface area (Å²) in [5.41, 5.74) is 2.07. The van der Waals surface area contributed by atoms with Crippen LogP contribution in [0.5, 0.6) is 0 Å². The van der Waals surface area contributed by atoms with Gasteiger partial charge in [-0.15, -0.1) is 0 Å².